The molecule has 9 heteroatoms. The van der Waals surface area contributed by atoms with E-state index in [1.165, 1.54) is 6.20 Å². The van der Waals surface area contributed by atoms with Crippen molar-refractivity contribution in [2.24, 2.45) is 0 Å². The number of nitrogens with zero attached hydrogens (tertiary/aromatic N) is 1. The summed E-state index contributed by atoms with van der Waals surface area (Å²) in [5, 5.41) is 4.53. The van der Waals surface area contributed by atoms with Gasteiger partial charge in [0.2, 0.25) is 5.12 Å². The number of rotatable bonds is 5. The van der Waals surface area contributed by atoms with E-state index in [4.69, 9.17) is 9.47 Å². The monoisotopic (exact) mass is 397 g/mol. The lowest BCUT2D eigenvalue weighted by atomic mass is 10.1. The summed E-state index contributed by atoms with van der Waals surface area (Å²) in [6.07, 6.45) is 0.270. The average Bonchev–Trinajstić information content (AvgIpc) is 2.44. The van der Waals surface area contributed by atoms with Gasteiger partial charge in [0.25, 0.3) is 0 Å². The number of alkyl carbamates (subject to hydrolysis) is 1. The Morgan fingerprint density at radius 1 is 1.04 bits per heavy atom. The fourth-order valence-electron chi connectivity index (χ4n) is 1.90. The minimum Gasteiger partial charge on any atom is -0.444 e. The van der Waals surface area contributed by atoms with Crippen LogP contribution >= 0.6 is 12.6 Å². The summed E-state index contributed by atoms with van der Waals surface area (Å²) < 4.78 is 10.3. The van der Waals surface area contributed by atoms with Crippen LogP contribution in [-0.4, -0.2) is 39.5 Å². The van der Waals surface area contributed by atoms with E-state index in [0.29, 0.717) is 11.4 Å². The molecule has 1 aromatic heterocycles. The molecule has 0 aliphatic heterocycles. The summed E-state index contributed by atoms with van der Waals surface area (Å²) in [5.74, 6) is 0. The molecule has 0 saturated heterocycles. The van der Waals surface area contributed by atoms with Gasteiger partial charge in [-0.25, -0.2) is 9.59 Å². The van der Waals surface area contributed by atoms with Crippen LogP contribution in [0.25, 0.3) is 0 Å². The highest BCUT2D eigenvalue weighted by Gasteiger charge is 2.23. The zero-order valence-electron chi connectivity index (χ0n) is 16.5. The van der Waals surface area contributed by atoms with Crippen LogP contribution in [0.1, 0.15) is 47.2 Å². The molecule has 0 bridgehead atoms. The van der Waals surface area contributed by atoms with E-state index in [-0.39, 0.29) is 6.42 Å². The molecule has 0 aliphatic carbocycles. The van der Waals surface area contributed by atoms with E-state index in [1.54, 1.807) is 53.7 Å². The number of pyridine rings is 1. The topological polar surface area (TPSA) is 107 Å². The third kappa shape index (κ3) is 9.83. The van der Waals surface area contributed by atoms with Gasteiger partial charge in [-0.3, -0.25) is 15.1 Å². The van der Waals surface area contributed by atoms with Crippen molar-refractivity contribution in [3.8, 4) is 0 Å². The highest BCUT2D eigenvalue weighted by Crippen LogP contribution is 2.13. The molecule has 0 aromatic carbocycles. The molecule has 1 rings (SSSR count). The molecule has 0 radical (unpaired) electrons. The highest BCUT2D eigenvalue weighted by molar-refractivity contribution is 7.96. The first-order valence-electron chi connectivity index (χ1n) is 8.42. The molecule has 1 aromatic rings. The van der Waals surface area contributed by atoms with Gasteiger partial charge in [0, 0.05) is 12.1 Å². The van der Waals surface area contributed by atoms with Gasteiger partial charge in [-0.1, -0.05) is 0 Å². The van der Waals surface area contributed by atoms with Gasteiger partial charge in [-0.15, -0.1) is 12.6 Å². The quantitative estimate of drug-likeness (QED) is 0.658. The van der Waals surface area contributed by atoms with Gasteiger partial charge >= 0.3 is 12.2 Å². The third-order valence-electron chi connectivity index (χ3n) is 2.87. The highest BCUT2D eigenvalue weighted by atomic mass is 32.1. The molecule has 150 valence electrons. The van der Waals surface area contributed by atoms with Crippen LogP contribution in [-0.2, 0) is 20.7 Å². The molecule has 0 unspecified atom stereocenters. The standard InChI is InChI=1S/C18H27N3O5S/c1-17(2,3)25-15(23)20-12-8-7-11(19-10-12)9-13(14(22)27)21-16(24)26-18(4,5)6/h7-8,10,13H,9H2,1-6H3,(H,20,23)(H,21,24)(H,22,27)/t13-/m1/s1. The Balaban J connectivity index is 2.69. The number of carbonyl (C=O) groups excluding carboxylic acids is 3. The van der Waals surface area contributed by atoms with Crippen molar-refractivity contribution in [2.45, 2.75) is 65.2 Å². The minimum absolute atomic E-state index is 0.133. The molecule has 1 atom stereocenters. The summed E-state index contributed by atoms with van der Waals surface area (Å²) >= 11 is 3.80. The minimum atomic E-state index is -0.889. The van der Waals surface area contributed by atoms with Gasteiger partial charge in [0.05, 0.1) is 11.9 Å². The number of amides is 2. The molecule has 0 fully saturated rings. The maximum absolute atomic E-state index is 11.9. The number of nitrogens with one attached hydrogen (secondary N) is 2. The summed E-state index contributed by atoms with van der Waals surface area (Å²) in [6.45, 7) is 10.5. The largest absolute Gasteiger partial charge is 0.444 e. The molecule has 2 N–H and O–H groups in total. The van der Waals surface area contributed by atoms with Gasteiger partial charge in [0.15, 0.2) is 0 Å². The molecule has 0 saturated carbocycles. The summed E-state index contributed by atoms with van der Waals surface area (Å²) in [5.41, 5.74) is -0.304. The van der Waals surface area contributed by atoms with Crippen LogP contribution in [0.15, 0.2) is 18.3 Å². The maximum Gasteiger partial charge on any atom is 0.412 e. The molecular formula is C18H27N3O5S. The number of carbonyl (C=O) groups is 3. The molecule has 8 nitrogen and oxygen atoms in total. The third-order valence-corrected chi connectivity index (χ3v) is 3.18. The zero-order chi connectivity index (χ0) is 20.8. The lowest BCUT2D eigenvalue weighted by Crippen LogP contribution is -2.43. The van der Waals surface area contributed by atoms with Crippen molar-refractivity contribution >= 4 is 35.6 Å². The van der Waals surface area contributed by atoms with Gasteiger partial charge < -0.3 is 14.8 Å². The first-order chi connectivity index (χ1) is 12.2. The Hall–Kier alpha value is -2.29. The van der Waals surface area contributed by atoms with Crippen molar-refractivity contribution < 1.29 is 23.9 Å². The second kappa shape index (κ2) is 9.07. The fraction of sp³-hybridized carbons (Fsp3) is 0.556. The summed E-state index contributed by atoms with van der Waals surface area (Å²) in [4.78, 5) is 39.5. The number of hydrogen-bond acceptors (Lipinski definition) is 6. The summed E-state index contributed by atoms with van der Waals surface area (Å²) in [6, 6.07) is 2.37. The Labute approximate surface area is 164 Å². The second-order valence-corrected chi connectivity index (χ2v) is 8.35. The molecule has 0 aliphatic rings. The predicted molar refractivity (Wildman–Crippen MR) is 105 cm³/mol. The Morgan fingerprint density at radius 2 is 1.59 bits per heavy atom. The van der Waals surface area contributed by atoms with E-state index in [2.05, 4.69) is 28.2 Å². The van der Waals surface area contributed by atoms with Crippen molar-refractivity contribution in [3.63, 3.8) is 0 Å². The van der Waals surface area contributed by atoms with Gasteiger partial charge in [-0.2, -0.15) is 0 Å². The first kappa shape index (κ1) is 22.8. The SMILES string of the molecule is CC(C)(C)OC(=O)Nc1ccc(C[C@@H](NC(=O)OC(C)(C)C)C(=O)S)nc1. The molecule has 27 heavy (non-hydrogen) atoms. The number of aromatic nitrogens is 1. The zero-order valence-corrected chi connectivity index (χ0v) is 17.3. The molecule has 2 amide bonds. The van der Waals surface area contributed by atoms with Crippen LogP contribution in [0.2, 0.25) is 0 Å². The number of anilines is 1. The maximum atomic E-state index is 11.9. The lowest BCUT2D eigenvalue weighted by molar-refractivity contribution is -0.112. The number of ether oxygens (including phenoxy) is 2. The van der Waals surface area contributed by atoms with Crippen LogP contribution in [0.4, 0.5) is 15.3 Å². The number of hydrogen-bond donors (Lipinski definition) is 3. The Bertz CT molecular complexity index is 678. The van der Waals surface area contributed by atoms with Gasteiger partial charge in [0.1, 0.15) is 17.2 Å². The smallest absolute Gasteiger partial charge is 0.412 e. The van der Waals surface area contributed by atoms with Crippen LogP contribution in [0.5, 0.6) is 0 Å². The van der Waals surface area contributed by atoms with Crippen molar-refractivity contribution in [1.82, 2.24) is 10.3 Å². The fourth-order valence-corrected chi connectivity index (χ4v) is 2.06. The van der Waals surface area contributed by atoms with E-state index in [9.17, 15) is 14.4 Å². The van der Waals surface area contributed by atoms with E-state index in [1.807, 2.05) is 0 Å². The Kier molecular flexibility index (Phi) is 7.65. The predicted octanol–water partition coefficient (Wildman–Crippen LogP) is 3.32. The molecular weight excluding hydrogens is 370 g/mol. The van der Waals surface area contributed by atoms with E-state index < -0.39 is 34.5 Å². The van der Waals surface area contributed by atoms with E-state index >= 15 is 0 Å². The van der Waals surface area contributed by atoms with Crippen LogP contribution in [0.3, 0.4) is 0 Å². The van der Waals surface area contributed by atoms with E-state index in [0.717, 1.165) is 0 Å². The summed E-state index contributed by atoms with van der Waals surface area (Å²) in [7, 11) is 0. The van der Waals surface area contributed by atoms with Crippen LogP contribution < -0.4 is 10.6 Å². The van der Waals surface area contributed by atoms with Crippen molar-refractivity contribution in [1.29, 1.82) is 0 Å². The van der Waals surface area contributed by atoms with Crippen LogP contribution in [0, 0.1) is 0 Å². The van der Waals surface area contributed by atoms with Crippen molar-refractivity contribution in [3.05, 3.63) is 24.0 Å². The second-order valence-electron chi connectivity index (χ2n) is 7.91. The van der Waals surface area contributed by atoms with Gasteiger partial charge in [-0.05, 0) is 53.7 Å². The molecule has 1 heterocycles. The Morgan fingerprint density at radius 3 is 2.04 bits per heavy atom. The number of thiol groups is 1. The van der Waals surface area contributed by atoms with Crippen molar-refractivity contribution in [2.75, 3.05) is 5.32 Å². The molecule has 0 spiro atoms. The average molecular weight is 397 g/mol. The lowest BCUT2D eigenvalue weighted by Gasteiger charge is -2.22. The first-order valence-corrected chi connectivity index (χ1v) is 8.87. The normalized spacial score (nSPS) is 12.7.